The minimum atomic E-state index is -0.547. The van der Waals surface area contributed by atoms with Crippen molar-refractivity contribution in [2.75, 3.05) is 46.4 Å². The molecule has 0 saturated carbocycles. The molecule has 0 bridgehead atoms. The standard InChI is InChI=1S/C26H38N2O3/c1-21-10-11-26(22(2)16-21)31-20-24(29)19-27(3)18-23-8-7-9-25(17-23)30-15-14-28-12-5-4-6-13-28/h7-11,16-17,24,29H,4-6,12-15,18-20H2,1-3H3. The SMILES string of the molecule is Cc1ccc(OCC(O)CN(C)Cc2cccc(OCCN3CCCCC3)c2)c(C)c1. The van der Waals surface area contributed by atoms with E-state index in [0.717, 1.165) is 36.8 Å². The average molecular weight is 427 g/mol. The van der Waals surface area contributed by atoms with Gasteiger partial charge in [-0.05, 0) is 76.2 Å². The van der Waals surface area contributed by atoms with Crippen molar-refractivity contribution in [1.82, 2.24) is 9.80 Å². The quantitative estimate of drug-likeness (QED) is 0.588. The summed E-state index contributed by atoms with van der Waals surface area (Å²) in [5.74, 6) is 1.75. The summed E-state index contributed by atoms with van der Waals surface area (Å²) in [7, 11) is 2.02. The van der Waals surface area contributed by atoms with Gasteiger partial charge >= 0.3 is 0 Å². The van der Waals surface area contributed by atoms with E-state index in [-0.39, 0.29) is 6.61 Å². The van der Waals surface area contributed by atoms with Crippen LogP contribution >= 0.6 is 0 Å². The van der Waals surface area contributed by atoms with Gasteiger partial charge in [0.05, 0.1) is 0 Å². The first-order chi connectivity index (χ1) is 15.0. The molecular formula is C26H38N2O3. The zero-order chi connectivity index (χ0) is 22.1. The molecule has 1 heterocycles. The highest BCUT2D eigenvalue weighted by Gasteiger charge is 2.12. The minimum absolute atomic E-state index is 0.286. The number of rotatable bonds is 11. The van der Waals surface area contributed by atoms with Crippen LogP contribution in [0, 0.1) is 13.8 Å². The van der Waals surface area contributed by atoms with Gasteiger partial charge in [-0.2, -0.15) is 0 Å². The first-order valence-corrected chi connectivity index (χ1v) is 11.5. The summed E-state index contributed by atoms with van der Waals surface area (Å²) in [4.78, 5) is 4.60. The van der Waals surface area contributed by atoms with Crippen LogP contribution in [0.25, 0.3) is 0 Å². The van der Waals surface area contributed by atoms with E-state index in [9.17, 15) is 5.11 Å². The lowest BCUT2D eigenvalue weighted by Gasteiger charge is -2.26. The number of hydrogen-bond acceptors (Lipinski definition) is 5. The van der Waals surface area contributed by atoms with E-state index in [0.29, 0.717) is 6.54 Å². The summed E-state index contributed by atoms with van der Waals surface area (Å²) in [6, 6.07) is 14.4. The van der Waals surface area contributed by atoms with Crippen LogP contribution in [0.4, 0.5) is 0 Å². The maximum Gasteiger partial charge on any atom is 0.122 e. The van der Waals surface area contributed by atoms with Crippen LogP contribution in [-0.4, -0.2) is 67.5 Å². The third kappa shape index (κ3) is 8.17. The predicted molar refractivity (Wildman–Crippen MR) is 126 cm³/mol. The van der Waals surface area contributed by atoms with Gasteiger partial charge in [0, 0.05) is 19.6 Å². The summed E-state index contributed by atoms with van der Waals surface area (Å²) < 4.78 is 11.8. The van der Waals surface area contributed by atoms with Gasteiger partial charge in [-0.15, -0.1) is 0 Å². The predicted octanol–water partition coefficient (Wildman–Crippen LogP) is 4.04. The van der Waals surface area contributed by atoms with Crippen LogP contribution in [0.5, 0.6) is 11.5 Å². The molecule has 1 N–H and O–H groups in total. The monoisotopic (exact) mass is 426 g/mol. The van der Waals surface area contributed by atoms with Crippen molar-refractivity contribution in [2.24, 2.45) is 0 Å². The number of likely N-dealkylation sites (tertiary alicyclic amines) is 1. The van der Waals surface area contributed by atoms with E-state index in [1.165, 1.54) is 43.5 Å². The molecule has 5 heteroatoms. The lowest BCUT2D eigenvalue weighted by atomic mass is 10.1. The number of aliphatic hydroxyl groups is 1. The topological polar surface area (TPSA) is 45.2 Å². The number of benzene rings is 2. The van der Waals surface area contributed by atoms with E-state index in [2.05, 4.69) is 34.9 Å². The van der Waals surface area contributed by atoms with Gasteiger partial charge in [0.25, 0.3) is 0 Å². The Kier molecular flexibility index (Phi) is 9.19. The van der Waals surface area contributed by atoms with Crippen LogP contribution in [-0.2, 0) is 6.54 Å². The van der Waals surface area contributed by atoms with E-state index in [1.807, 2.05) is 38.2 Å². The molecule has 31 heavy (non-hydrogen) atoms. The second kappa shape index (κ2) is 12.1. The zero-order valence-electron chi connectivity index (χ0n) is 19.3. The molecule has 2 aromatic carbocycles. The van der Waals surface area contributed by atoms with Gasteiger partial charge in [0.15, 0.2) is 0 Å². The van der Waals surface area contributed by atoms with Crippen molar-refractivity contribution in [3.05, 3.63) is 59.2 Å². The summed E-state index contributed by atoms with van der Waals surface area (Å²) in [5, 5.41) is 10.4. The molecule has 1 aliphatic heterocycles. The number of likely N-dealkylation sites (N-methyl/N-ethyl adjacent to an activating group) is 1. The zero-order valence-corrected chi connectivity index (χ0v) is 19.3. The van der Waals surface area contributed by atoms with Gasteiger partial charge < -0.3 is 14.6 Å². The van der Waals surface area contributed by atoms with Crippen LogP contribution in [0.1, 0.15) is 36.0 Å². The molecule has 0 radical (unpaired) electrons. The third-order valence-corrected chi connectivity index (χ3v) is 5.76. The summed E-state index contributed by atoms with van der Waals surface area (Å²) in [6.07, 6.45) is 3.43. The van der Waals surface area contributed by atoms with Gasteiger partial charge in [-0.25, -0.2) is 0 Å². The Morgan fingerprint density at radius 1 is 1.03 bits per heavy atom. The van der Waals surface area contributed by atoms with Crippen molar-refractivity contribution in [2.45, 2.75) is 45.8 Å². The fourth-order valence-corrected chi connectivity index (χ4v) is 4.15. The molecule has 2 aromatic rings. The fraction of sp³-hybridized carbons (Fsp3) is 0.538. The molecule has 1 atom stereocenters. The number of ether oxygens (including phenoxy) is 2. The van der Waals surface area contributed by atoms with E-state index in [4.69, 9.17) is 9.47 Å². The lowest BCUT2D eigenvalue weighted by molar-refractivity contribution is 0.0741. The van der Waals surface area contributed by atoms with Crippen LogP contribution in [0.15, 0.2) is 42.5 Å². The van der Waals surface area contributed by atoms with E-state index < -0.39 is 6.10 Å². The third-order valence-electron chi connectivity index (χ3n) is 5.76. The van der Waals surface area contributed by atoms with Crippen molar-refractivity contribution in [1.29, 1.82) is 0 Å². The van der Waals surface area contributed by atoms with Gasteiger partial charge in [-0.3, -0.25) is 9.80 Å². The van der Waals surface area contributed by atoms with E-state index in [1.54, 1.807) is 0 Å². The molecule has 1 aliphatic rings. The molecule has 0 aromatic heterocycles. The summed E-state index contributed by atoms with van der Waals surface area (Å²) in [5.41, 5.74) is 3.49. The van der Waals surface area contributed by atoms with Crippen LogP contribution in [0.3, 0.4) is 0 Å². The minimum Gasteiger partial charge on any atom is -0.492 e. The second-order valence-corrected chi connectivity index (χ2v) is 8.83. The summed E-state index contributed by atoms with van der Waals surface area (Å²) >= 11 is 0. The Morgan fingerprint density at radius 2 is 1.84 bits per heavy atom. The first kappa shape index (κ1) is 23.6. The molecule has 1 fully saturated rings. The lowest BCUT2D eigenvalue weighted by Crippen LogP contribution is -2.33. The van der Waals surface area contributed by atoms with Crippen LogP contribution in [0.2, 0.25) is 0 Å². The molecule has 1 unspecified atom stereocenters. The highest BCUT2D eigenvalue weighted by molar-refractivity contribution is 5.35. The molecule has 5 nitrogen and oxygen atoms in total. The Morgan fingerprint density at radius 3 is 2.61 bits per heavy atom. The maximum absolute atomic E-state index is 10.4. The average Bonchev–Trinajstić information content (AvgIpc) is 2.74. The Balaban J connectivity index is 1.39. The number of nitrogens with zero attached hydrogens (tertiary/aromatic N) is 2. The second-order valence-electron chi connectivity index (χ2n) is 8.83. The van der Waals surface area contributed by atoms with Gasteiger partial charge in [0.2, 0.25) is 0 Å². The normalized spacial score (nSPS) is 15.8. The van der Waals surface area contributed by atoms with Gasteiger partial charge in [-0.1, -0.05) is 36.2 Å². The largest absolute Gasteiger partial charge is 0.492 e. The first-order valence-electron chi connectivity index (χ1n) is 11.5. The van der Waals surface area contributed by atoms with Crippen molar-refractivity contribution in [3.63, 3.8) is 0 Å². The maximum atomic E-state index is 10.4. The number of hydrogen-bond donors (Lipinski definition) is 1. The smallest absolute Gasteiger partial charge is 0.122 e. The number of piperidine rings is 1. The van der Waals surface area contributed by atoms with Crippen molar-refractivity contribution >= 4 is 0 Å². The number of aryl methyl sites for hydroxylation is 2. The summed E-state index contributed by atoms with van der Waals surface area (Å²) in [6.45, 7) is 9.80. The molecule has 0 amide bonds. The molecule has 0 aliphatic carbocycles. The van der Waals surface area contributed by atoms with E-state index >= 15 is 0 Å². The molecule has 0 spiro atoms. The molecule has 170 valence electrons. The number of aliphatic hydroxyl groups excluding tert-OH is 1. The highest BCUT2D eigenvalue weighted by atomic mass is 16.5. The Labute approximate surface area is 187 Å². The van der Waals surface area contributed by atoms with Gasteiger partial charge in [0.1, 0.15) is 30.8 Å². The van der Waals surface area contributed by atoms with Crippen molar-refractivity contribution < 1.29 is 14.6 Å². The Hall–Kier alpha value is -2.08. The molecule has 1 saturated heterocycles. The Bertz CT molecular complexity index is 805. The van der Waals surface area contributed by atoms with Crippen LogP contribution < -0.4 is 9.47 Å². The fourth-order valence-electron chi connectivity index (χ4n) is 4.15. The molecule has 3 rings (SSSR count). The highest BCUT2D eigenvalue weighted by Crippen LogP contribution is 2.19. The van der Waals surface area contributed by atoms with Crippen molar-refractivity contribution in [3.8, 4) is 11.5 Å². The molecular weight excluding hydrogens is 388 g/mol.